The van der Waals surface area contributed by atoms with Crippen LogP contribution in [0.2, 0.25) is 0 Å². The zero-order chi connectivity index (χ0) is 13.5. The van der Waals surface area contributed by atoms with E-state index >= 15 is 0 Å². The van der Waals surface area contributed by atoms with E-state index < -0.39 is 0 Å². The maximum Gasteiger partial charge on any atom is 0.126 e. The van der Waals surface area contributed by atoms with Crippen LogP contribution in [-0.2, 0) is 0 Å². The molecular weight excluding hydrogens is 243 g/mol. The van der Waals surface area contributed by atoms with E-state index in [0.717, 1.165) is 18.4 Å². The van der Waals surface area contributed by atoms with Gasteiger partial charge in [-0.1, -0.05) is 25.3 Å². The van der Waals surface area contributed by atoms with Crippen LogP contribution < -0.4 is 4.74 Å². The molecule has 2 atom stereocenters. The Morgan fingerprint density at radius 2 is 2.00 bits per heavy atom. The van der Waals surface area contributed by atoms with Gasteiger partial charge in [-0.2, -0.15) is 0 Å². The van der Waals surface area contributed by atoms with E-state index in [0.29, 0.717) is 12.2 Å². The molecule has 1 aromatic carbocycles. The van der Waals surface area contributed by atoms with Gasteiger partial charge in [0.05, 0.1) is 6.10 Å². The minimum atomic E-state index is -0.266. The fraction of sp³-hybridized carbons (Fsp3) is 0.625. The molecule has 1 N–H and O–H groups in total. The lowest BCUT2D eigenvalue weighted by atomic mass is 9.56. The molecule has 2 saturated carbocycles. The third-order valence-electron chi connectivity index (χ3n) is 4.95. The van der Waals surface area contributed by atoms with Crippen LogP contribution in [-0.4, -0.2) is 17.3 Å². The predicted molar refractivity (Wildman–Crippen MR) is 71.7 cm³/mol. The maximum atomic E-state index is 13.3. The van der Waals surface area contributed by atoms with Crippen molar-refractivity contribution < 1.29 is 14.2 Å². The Morgan fingerprint density at radius 1 is 1.26 bits per heavy atom. The van der Waals surface area contributed by atoms with Gasteiger partial charge in [-0.25, -0.2) is 4.39 Å². The van der Waals surface area contributed by atoms with Gasteiger partial charge in [-0.15, -0.1) is 0 Å². The number of aliphatic hydroxyl groups excluding tert-OH is 1. The van der Waals surface area contributed by atoms with Crippen LogP contribution >= 0.6 is 0 Å². The Bertz CT molecular complexity index is 466. The van der Waals surface area contributed by atoms with Crippen molar-refractivity contribution in [2.75, 3.05) is 0 Å². The van der Waals surface area contributed by atoms with Crippen molar-refractivity contribution in [3.05, 3.63) is 29.6 Å². The van der Waals surface area contributed by atoms with Crippen LogP contribution in [0.15, 0.2) is 18.2 Å². The SMILES string of the molecule is Cc1ccc(F)cc1OC1CC(O)C12CCCCC2. The lowest BCUT2D eigenvalue weighted by molar-refractivity contribution is -0.172. The first-order valence-corrected chi connectivity index (χ1v) is 7.23. The van der Waals surface area contributed by atoms with Crippen LogP contribution in [0.3, 0.4) is 0 Å². The Balaban J connectivity index is 1.78. The molecule has 2 nitrogen and oxygen atoms in total. The van der Waals surface area contributed by atoms with E-state index in [4.69, 9.17) is 4.74 Å². The summed E-state index contributed by atoms with van der Waals surface area (Å²) in [7, 11) is 0. The summed E-state index contributed by atoms with van der Waals surface area (Å²) in [6.07, 6.45) is 6.13. The van der Waals surface area contributed by atoms with E-state index in [9.17, 15) is 9.50 Å². The van der Waals surface area contributed by atoms with E-state index in [2.05, 4.69) is 0 Å². The topological polar surface area (TPSA) is 29.5 Å². The molecule has 104 valence electrons. The van der Waals surface area contributed by atoms with Crippen molar-refractivity contribution in [1.29, 1.82) is 0 Å². The molecule has 2 fully saturated rings. The molecule has 0 bridgehead atoms. The average Bonchev–Trinajstić information content (AvgIpc) is 2.43. The van der Waals surface area contributed by atoms with Crippen LogP contribution in [0.25, 0.3) is 0 Å². The molecule has 19 heavy (non-hydrogen) atoms. The van der Waals surface area contributed by atoms with Crippen LogP contribution in [0.1, 0.15) is 44.1 Å². The summed E-state index contributed by atoms with van der Waals surface area (Å²) in [5.74, 6) is 0.361. The number of halogens is 1. The summed E-state index contributed by atoms with van der Waals surface area (Å²) in [5, 5.41) is 10.1. The second-order valence-electron chi connectivity index (χ2n) is 6.06. The second kappa shape index (κ2) is 4.78. The summed E-state index contributed by atoms with van der Waals surface area (Å²) >= 11 is 0. The Kier molecular flexibility index (Phi) is 3.25. The quantitative estimate of drug-likeness (QED) is 0.884. The van der Waals surface area contributed by atoms with E-state index in [1.165, 1.54) is 31.4 Å². The number of aliphatic hydroxyl groups is 1. The van der Waals surface area contributed by atoms with Crippen LogP contribution in [0.4, 0.5) is 4.39 Å². The summed E-state index contributed by atoms with van der Waals surface area (Å²) in [5.41, 5.74) is 0.880. The number of ether oxygens (including phenoxy) is 1. The van der Waals surface area contributed by atoms with Gasteiger partial charge in [0.15, 0.2) is 0 Å². The first-order valence-electron chi connectivity index (χ1n) is 7.23. The number of benzene rings is 1. The molecule has 0 saturated heterocycles. The molecule has 1 aromatic rings. The highest BCUT2D eigenvalue weighted by Gasteiger charge is 2.56. The molecule has 0 radical (unpaired) electrons. The smallest absolute Gasteiger partial charge is 0.126 e. The zero-order valence-corrected chi connectivity index (χ0v) is 11.4. The highest BCUT2D eigenvalue weighted by molar-refractivity contribution is 5.33. The molecule has 0 amide bonds. The first-order chi connectivity index (χ1) is 9.12. The molecule has 0 heterocycles. The van der Waals surface area contributed by atoms with Gasteiger partial charge in [-0.05, 0) is 31.4 Å². The van der Waals surface area contributed by atoms with Gasteiger partial charge >= 0.3 is 0 Å². The van der Waals surface area contributed by atoms with E-state index in [1.807, 2.05) is 6.92 Å². The Morgan fingerprint density at radius 3 is 2.68 bits per heavy atom. The fourth-order valence-corrected chi connectivity index (χ4v) is 3.61. The van der Waals surface area contributed by atoms with Crippen molar-refractivity contribution >= 4 is 0 Å². The lowest BCUT2D eigenvalue weighted by Gasteiger charge is -2.55. The monoisotopic (exact) mass is 264 g/mol. The van der Waals surface area contributed by atoms with E-state index in [-0.39, 0.29) is 23.4 Å². The highest BCUT2D eigenvalue weighted by atomic mass is 19.1. The molecule has 3 rings (SSSR count). The number of aryl methyl sites for hydroxylation is 1. The Labute approximate surface area is 113 Å². The standard InChI is InChI=1S/C16H21FO2/c1-11-5-6-12(17)9-13(11)19-15-10-14(18)16(15)7-3-2-4-8-16/h5-6,9,14-15,18H,2-4,7-8,10H2,1H3. The summed E-state index contributed by atoms with van der Waals surface area (Å²) in [6.45, 7) is 1.93. The van der Waals surface area contributed by atoms with Crippen molar-refractivity contribution in [1.82, 2.24) is 0 Å². The maximum absolute atomic E-state index is 13.3. The number of hydrogen-bond acceptors (Lipinski definition) is 2. The van der Waals surface area contributed by atoms with Crippen LogP contribution in [0, 0.1) is 18.2 Å². The van der Waals surface area contributed by atoms with Crippen molar-refractivity contribution in [3.63, 3.8) is 0 Å². The Hall–Kier alpha value is -1.09. The van der Waals surface area contributed by atoms with E-state index in [1.54, 1.807) is 6.07 Å². The average molecular weight is 264 g/mol. The van der Waals surface area contributed by atoms with Gasteiger partial charge in [0.2, 0.25) is 0 Å². The van der Waals surface area contributed by atoms with Gasteiger partial charge in [0.1, 0.15) is 17.7 Å². The molecule has 2 unspecified atom stereocenters. The second-order valence-corrected chi connectivity index (χ2v) is 6.06. The molecule has 2 aliphatic rings. The number of rotatable bonds is 2. The van der Waals surface area contributed by atoms with Gasteiger partial charge in [0, 0.05) is 17.9 Å². The highest BCUT2D eigenvalue weighted by Crippen LogP contribution is 2.53. The third kappa shape index (κ3) is 2.14. The molecule has 0 aromatic heterocycles. The fourth-order valence-electron chi connectivity index (χ4n) is 3.61. The minimum Gasteiger partial charge on any atom is -0.489 e. The van der Waals surface area contributed by atoms with Gasteiger partial charge in [0.25, 0.3) is 0 Å². The zero-order valence-electron chi connectivity index (χ0n) is 11.4. The molecule has 1 spiro atoms. The largest absolute Gasteiger partial charge is 0.489 e. The predicted octanol–water partition coefficient (Wildman–Crippen LogP) is 3.60. The summed E-state index contributed by atoms with van der Waals surface area (Å²) < 4.78 is 19.3. The van der Waals surface area contributed by atoms with Gasteiger partial charge in [-0.3, -0.25) is 0 Å². The lowest BCUT2D eigenvalue weighted by Crippen LogP contribution is -2.60. The van der Waals surface area contributed by atoms with Gasteiger partial charge < -0.3 is 9.84 Å². The third-order valence-corrected chi connectivity index (χ3v) is 4.95. The van der Waals surface area contributed by atoms with Crippen molar-refractivity contribution in [3.8, 4) is 5.75 Å². The molecule has 0 aliphatic heterocycles. The normalized spacial score (nSPS) is 29.0. The van der Waals surface area contributed by atoms with Crippen molar-refractivity contribution in [2.45, 2.75) is 57.7 Å². The van der Waals surface area contributed by atoms with Crippen molar-refractivity contribution in [2.24, 2.45) is 5.41 Å². The number of hydrogen-bond donors (Lipinski definition) is 1. The minimum absolute atomic E-state index is 0.0447. The molecule has 2 aliphatic carbocycles. The van der Waals surface area contributed by atoms with Crippen LogP contribution in [0.5, 0.6) is 5.75 Å². The molecular formula is C16H21FO2. The summed E-state index contributed by atoms with van der Waals surface area (Å²) in [4.78, 5) is 0. The summed E-state index contributed by atoms with van der Waals surface area (Å²) in [6, 6.07) is 4.65. The molecule has 3 heteroatoms. The first kappa shape index (κ1) is 12.9.